The third kappa shape index (κ3) is 3.33. The second-order valence-electron chi connectivity index (χ2n) is 5.45. The van der Waals surface area contributed by atoms with E-state index in [4.69, 9.17) is 0 Å². The lowest BCUT2D eigenvalue weighted by molar-refractivity contribution is 0.103. The van der Waals surface area contributed by atoms with Gasteiger partial charge < -0.3 is 5.11 Å². The predicted molar refractivity (Wildman–Crippen MR) is 86.1 cm³/mol. The number of hydrogen-bond donors (Lipinski definition) is 1. The fourth-order valence-corrected chi connectivity index (χ4v) is 2.56. The van der Waals surface area contributed by atoms with Crippen molar-refractivity contribution in [1.29, 1.82) is 0 Å². The van der Waals surface area contributed by atoms with Gasteiger partial charge in [0, 0.05) is 5.56 Å². The molecular formula is C19H22O2. The molecule has 0 heterocycles. The first kappa shape index (κ1) is 15.3. The highest BCUT2D eigenvalue weighted by atomic mass is 16.3. The van der Waals surface area contributed by atoms with Crippen LogP contribution >= 0.6 is 0 Å². The lowest BCUT2D eigenvalue weighted by Crippen LogP contribution is -2.04. The molecule has 21 heavy (non-hydrogen) atoms. The van der Waals surface area contributed by atoms with E-state index in [9.17, 15) is 9.90 Å². The number of phenolic OH excluding ortho intramolecular Hbond substituents is 1. The zero-order valence-corrected chi connectivity index (χ0v) is 12.9. The van der Waals surface area contributed by atoms with Crippen molar-refractivity contribution in [3.63, 3.8) is 0 Å². The van der Waals surface area contributed by atoms with Crippen molar-refractivity contribution in [2.45, 2.75) is 40.0 Å². The molecule has 0 bridgehead atoms. The molecular weight excluding hydrogens is 260 g/mol. The summed E-state index contributed by atoms with van der Waals surface area (Å²) < 4.78 is 0. The first-order valence-electron chi connectivity index (χ1n) is 7.53. The summed E-state index contributed by atoms with van der Waals surface area (Å²) >= 11 is 0. The number of aryl methyl sites for hydroxylation is 3. The summed E-state index contributed by atoms with van der Waals surface area (Å²) in [7, 11) is 0. The largest absolute Gasteiger partial charge is 0.507 e. The van der Waals surface area contributed by atoms with Gasteiger partial charge in [-0.2, -0.15) is 0 Å². The molecule has 2 nitrogen and oxygen atoms in total. The predicted octanol–water partition coefficient (Wildman–Crippen LogP) is 4.45. The van der Waals surface area contributed by atoms with Crippen LogP contribution in [0.4, 0.5) is 0 Å². The van der Waals surface area contributed by atoms with Crippen molar-refractivity contribution in [1.82, 2.24) is 0 Å². The fraction of sp³-hybridized carbons (Fsp3) is 0.316. The summed E-state index contributed by atoms with van der Waals surface area (Å²) in [4.78, 5) is 12.6. The highest BCUT2D eigenvalue weighted by molar-refractivity contribution is 6.11. The number of aromatic hydroxyl groups is 1. The molecule has 2 aromatic carbocycles. The highest BCUT2D eigenvalue weighted by Gasteiger charge is 2.16. The quantitative estimate of drug-likeness (QED) is 0.823. The molecule has 0 saturated heterocycles. The minimum atomic E-state index is -0.117. The lowest BCUT2D eigenvalue weighted by atomic mass is 9.96. The van der Waals surface area contributed by atoms with Gasteiger partial charge in [-0.3, -0.25) is 4.79 Å². The van der Waals surface area contributed by atoms with Crippen LogP contribution in [0.2, 0.25) is 0 Å². The van der Waals surface area contributed by atoms with E-state index in [1.165, 1.54) is 5.56 Å². The Hall–Kier alpha value is -2.09. The van der Waals surface area contributed by atoms with E-state index in [2.05, 4.69) is 6.92 Å². The number of hydrogen-bond acceptors (Lipinski definition) is 2. The van der Waals surface area contributed by atoms with Gasteiger partial charge in [-0.1, -0.05) is 50.6 Å². The van der Waals surface area contributed by atoms with E-state index in [1.54, 1.807) is 6.07 Å². The molecule has 0 spiro atoms. The molecule has 0 amide bonds. The van der Waals surface area contributed by atoms with Gasteiger partial charge in [0.15, 0.2) is 5.78 Å². The summed E-state index contributed by atoms with van der Waals surface area (Å²) in [6.45, 7) is 6.05. The zero-order chi connectivity index (χ0) is 15.4. The lowest BCUT2D eigenvalue weighted by Gasteiger charge is -2.10. The average Bonchev–Trinajstić information content (AvgIpc) is 2.49. The van der Waals surface area contributed by atoms with Gasteiger partial charge in [0.1, 0.15) is 5.75 Å². The molecule has 0 unspecified atom stereocenters. The van der Waals surface area contributed by atoms with E-state index in [-0.39, 0.29) is 11.5 Å². The van der Waals surface area contributed by atoms with Crippen LogP contribution in [0.1, 0.15) is 52.9 Å². The van der Waals surface area contributed by atoms with Gasteiger partial charge in [0.2, 0.25) is 0 Å². The van der Waals surface area contributed by atoms with Crippen LogP contribution in [0.25, 0.3) is 0 Å². The Morgan fingerprint density at radius 2 is 1.76 bits per heavy atom. The highest BCUT2D eigenvalue weighted by Crippen LogP contribution is 2.27. The minimum absolute atomic E-state index is 0.116. The van der Waals surface area contributed by atoms with Gasteiger partial charge in [0.05, 0.1) is 5.56 Å². The van der Waals surface area contributed by atoms with Gasteiger partial charge >= 0.3 is 0 Å². The molecule has 0 aromatic heterocycles. The number of ketones is 1. The minimum Gasteiger partial charge on any atom is -0.507 e. The van der Waals surface area contributed by atoms with Crippen molar-refractivity contribution < 1.29 is 9.90 Å². The van der Waals surface area contributed by atoms with E-state index < -0.39 is 0 Å². The van der Waals surface area contributed by atoms with Crippen molar-refractivity contribution in [3.05, 3.63) is 64.2 Å². The summed E-state index contributed by atoms with van der Waals surface area (Å²) in [5.74, 6) is -0.000293. The van der Waals surface area contributed by atoms with E-state index in [0.29, 0.717) is 17.5 Å². The summed E-state index contributed by atoms with van der Waals surface area (Å²) in [5.41, 5.74) is 4.07. The van der Waals surface area contributed by atoms with Crippen LogP contribution in [-0.4, -0.2) is 10.9 Å². The molecule has 1 N–H and O–H groups in total. The molecule has 0 aliphatic heterocycles. The Bertz CT molecular complexity index is 639. The third-order valence-electron chi connectivity index (χ3n) is 3.71. The smallest absolute Gasteiger partial charge is 0.196 e. The third-order valence-corrected chi connectivity index (χ3v) is 3.71. The number of rotatable bonds is 5. The maximum Gasteiger partial charge on any atom is 0.196 e. The second-order valence-corrected chi connectivity index (χ2v) is 5.45. The summed E-state index contributed by atoms with van der Waals surface area (Å²) in [6.07, 6.45) is 2.82. The Morgan fingerprint density at radius 3 is 2.33 bits per heavy atom. The molecule has 2 heteroatoms. The SMILES string of the molecule is CCCc1ccc(C(=O)c2cc(C)cc(CC)c2O)cc1. The number of carbonyl (C=O) groups is 1. The second kappa shape index (κ2) is 6.57. The van der Waals surface area contributed by atoms with Gasteiger partial charge in [-0.15, -0.1) is 0 Å². The Morgan fingerprint density at radius 1 is 1.10 bits per heavy atom. The van der Waals surface area contributed by atoms with Crippen LogP contribution in [0.15, 0.2) is 36.4 Å². The Balaban J connectivity index is 2.37. The zero-order valence-electron chi connectivity index (χ0n) is 12.9. The molecule has 2 rings (SSSR count). The van der Waals surface area contributed by atoms with E-state index in [0.717, 1.165) is 24.0 Å². The summed E-state index contributed by atoms with van der Waals surface area (Å²) in [5, 5.41) is 10.3. The summed E-state index contributed by atoms with van der Waals surface area (Å²) in [6, 6.07) is 11.4. The van der Waals surface area contributed by atoms with Crippen LogP contribution in [0, 0.1) is 6.92 Å². The number of phenols is 1. The molecule has 0 atom stereocenters. The van der Waals surface area contributed by atoms with Crippen molar-refractivity contribution in [2.75, 3.05) is 0 Å². The van der Waals surface area contributed by atoms with Gasteiger partial charge in [-0.05, 0) is 42.5 Å². The average molecular weight is 282 g/mol. The van der Waals surface area contributed by atoms with Crippen molar-refractivity contribution in [2.24, 2.45) is 0 Å². The molecule has 0 radical (unpaired) electrons. The Labute approximate surface area is 126 Å². The molecule has 2 aromatic rings. The fourth-order valence-electron chi connectivity index (χ4n) is 2.56. The molecule has 0 aliphatic rings. The van der Waals surface area contributed by atoms with Gasteiger partial charge in [0.25, 0.3) is 0 Å². The standard InChI is InChI=1S/C19H22O2/c1-4-6-14-7-9-16(10-8-14)19(21)17-12-13(3)11-15(5-2)18(17)20/h7-12,20H,4-6H2,1-3H3. The molecule has 110 valence electrons. The topological polar surface area (TPSA) is 37.3 Å². The molecule has 0 aliphatic carbocycles. The Kier molecular flexibility index (Phi) is 4.79. The normalized spacial score (nSPS) is 10.6. The van der Waals surface area contributed by atoms with Crippen LogP contribution < -0.4 is 0 Å². The first-order chi connectivity index (χ1) is 10.1. The first-order valence-corrected chi connectivity index (χ1v) is 7.53. The maximum absolute atomic E-state index is 12.6. The number of carbonyl (C=O) groups excluding carboxylic acids is 1. The van der Waals surface area contributed by atoms with E-state index >= 15 is 0 Å². The van der Waals surface area contributed by atoms with Crippen molar-refractivity contribution >= 4 is 5.78 Å². The number of benzene rings is 2. The van der Waals surface area contributed by atoms with Crippen LogP contribution in [0.5, 0.6) is 5.75 Å². The van der Waals surface area contributed by atoms with E-state index in [1.807, 2.05) is 44.2 Å². The molecule has 0 fully saturated rings. The van der Waals surface area contributed by atoms with Crippen LogP contribution in [0.3, 0.4) is 0 Å². The van der Waals surface area contributed by atoms with Crippen LogP contribution in [-0.2, 0) is 12.8 Å². The molecule has 0 saturated carbocycles. The maximum atomic E-state index is 12.6. The van der Waals surface area contributed by atoms with Gasteiger partial charge in [-0.25, -0.2) is 0 Å². The monoisotopic (exact) mass is 282 g/mol. The van der Waals surface area contributed by atoms with Crippen molar-refractivity contribution in [3.8, 4) is 5.75 Å².